The van der Waals surface area contributed by atoms with Crippen LogP contribution in [0.2, 0.25) is 0 Å². The van der Waals surface area contributed by atoms with E-state index in [1.807, 2.05) is 6.07 Å². The van der Waals surface area contributed by atoms with Gasteiger partial charge in [-0.25, -0.2) is 4.79 Å². The highest BCUT2D eigenvalue weighted by atomic mass is 16.6. The summed E-state index contributed by atoms with van der Waals surface area (Å²) in [5.74, 6) is -2.29. The molecular weight excluding hydrogens is 328 g/mol. The van der Waals surface area contributed by atoms with Gasteiger partial charge in [-0.15, -0.1) is 6.58 Å². The molecule has 0 heterocycles. The van der Waals surface area contributed by atoms with Gasteiger partial charge < -0.3 is 18.9 Å². The zero-order valence-corrected chi connectivity index (χ0v) is 14.4. The Kier molecular flexibility index (Phi) is 8.35. The normalized spacial score (nSPS) is 10.6. The quantitative estimate of drug-likeness (QED) is 0.361. The monoisotopic (exact) mass is 350 g/mol. The number of hydrogen-bond acceptors (Lipinski definition) is 7. The fourth-order valence-electron chi connectivity index (χ4n) is 2.05. The molecule has 0 aromatic heterocycles. The summed E-state index contributed by atoms with van der Waals surface area (Å²) in [6.45, 7) is 3.42. The molecule has 1 aromatic rings. The molecule has 7 heteroatoms. The van der Waals surface area contributed by atoms with Crippen LogP contribution in [0.1, 0.15) is 18.4 Å². The highest BCUT2D eigenvalue weighted by Gasteiger charge is 2.46. The Balaban J connectivity index is 3.01. The zero-order valence-electron chi connectivity index (χ0n) is 14.4. The Morgan fingerprint density at radius 2 is 1.60 bits per heavy atom. The minimum absolute atomic E-state index is 0.0266. The molecule has 0 spiro atoms. The third kappa shape index (κ3) is 6.39. The van der Waals surface area contributed by atoms with E-state index in [-0.39, 0.29) is 13.2 Å². The molecule has 0 aliphatic rings. The third-order valence-corrected chi connectivity index (χ3v) is 3.38. The molecule has 0 radical (unpaired) electrons. The fraction of sp³-hybridized carbons (Fsp3) is 0.389. The first-order chi connectivity index (χ1) is 12.0. The van der Waals surface area contributed by atoms with E-state index in [2.05, 4.69) is 16.1 Å². The third-order valence-electron chi connectivity index (χ3n) is 3.38. The maximum absolute atomic E-state index is 12.7. The van der Waals surface area contributed by atoms with E-state index in [0.29, 0.717) is 0 Å². The molecule has 0 aliphatic heterocycles. The average molecular weight is 350 g/mol. The number of carbonyl (C=O) groups excluding carboxylic acids is 3. The Labute approximate surface area is 146 Å². The number of rotatable bonds is 10. The van der Waals surface area contributed by atoms with Crippen LogP contribution in [0.25, 0.3) is 0 Å². The molecule has 0 unspecified atom stereocenters. The highest BCUT2D eigenvalue weighted by Crippen LogP contribution is 2.25. The Morgan fingerprint density at radius 3 is 2.08 bits per heavy atom. The molecular formula is C18H22O7. The molecule has 7 nitrogen and oxygen atoms in total. The number of benzene rings is 1. The Hall–Kier alpha value is -2.67. The topological polar surface area (TPSA) is 88.1 Å². The van der Waals surface area contributed by atoms with Gasteiger partial charge in [-0.2, -0.15) is 0 Å². The lowest BCUT2D eigenvalue weighted by molar-refractivity contribution is -0.184. The Bertz CT molecular complexity index is 577. The van der Waals surface area contributed by atoms with Crippen molar-refractivity contribution in [2.75, 3.05) is 20.8 Å². The van der Waals surface area contributed by atoms with Crippen LogP contribution in [-0.2, 0) is 39.9 Å². The number of hydrogen-bond donors (Lipinski definition) is 0. The standard InChI is InChI=1S/C18H22O7/c1-4-10-25-18(11-15(19)22-2,12-16(20)23-3)17(21)24-13-14-8-6-5-7-9-14/h4-9H,1,10-13H2,2-3H3. The lowest BCUT2D eigenvalue weighted by atomic mass is 9.95. The van der Waals surface area contributed by atoms with Gasteiger partial charge in [0.05, 0.1) is 33.7 Å². The van der Waals surface area contributed by atoms with E-state index in [1.54, 1.807) is 24.3 Å². The smallest absolute Gasteiger partial charge is 0.339 e. The fourth-order valence-corrected chi connectivity index (χ4v) is 2.05. The van der Waals surface area contributed by atoms with Gasteiger partial charge in [-0.1, -0.05) is 36.4 Å². The summed E-state index contributed by atoms with van der Waals surface area (Å²) in [6, 6.07) is 8.98. The van der Waals surface area contributed by atoms with Crippen LogP contribution in [0, 0.1) is 0 Å². The van der Waals surface area contributed by atoms with Crippen LogP contribution in [0.15, 0.2) is 43.0 Å². The van der Waals surface area contributed by atoms with Crippen molar-refractivity contribution >= 4 is 17.9 Å². The molecule has 0 saturated heterocycles. The van der Waals surface area contributed by atoms with E-state index >= 15 is 0 Å². The van der Waals surface area contributed by atoms with E-state index in [9.17, 15) is 14.4 Å². The number of esters is 3. The van der Waals surface area contributed by atoms with Crippen molar-refractivity contribution in [1.29, 1.82) is 0 Å². The van der Waals surface area contributed by atoms with Gasteiger partial charge in [0.25, 0.3) is 0 Å². The summed E-state index contributed by atoms with van der Waals surface area (Å²) >= 11 is 0. The summed E-state index contributed by atoms with van der Waals surface area (Å²) in [6.07, 6.45) is 0.425. The second kappa shape index (κ2) is 10.2. The van der Waals surface area contributed by atoms with Gasteiger partial charge in [-0.3, -0.25) is 9.59 Å². The van der Waals surface area contributed by atoms with E-state index in [4.69, 9.17) is 9.47 Å². The van der Waals surface area contributed by atoms with Crippen LogP contribution in [0.3, 0.4) is 0 Å². The van der Waals surface area contributed by atoms with Crippen molar-refractivity contribution in [1.82, 2.24) is 0 Å². The Morgan fingerprint density at radius 1 is 1.04 bits per heavy atom. The van der Waals surface area contributed by atoms with E-state index in [1.165, 1.54) is 20.3 Å². The minimum atomic E-state index is -1.84. The first-order valence-corrected chi connectivity index (χ1v) is 7.57. The van der Waals surface area contributed by atoms with E-state index < -0.39 is 36.4 Å². The molecule has 0 bridgehead atoms. The summed E-state index contributed by atoms with van der Waals surface area (Å²) in [5.41, 5.74) is -1.09. The second-order valence-electron chi connectivity index (χ2n) is 5.16. The van der Waals surface area contributed by atoms with Crippen molar-refractivity contribution in [2.45, 2.75) is 25.0 Å². The van der Waals surface area contributed by atoms with Crippen LogP contribution in [0.4, 0.5) is 0 Å². The molecule has 136 valence electrons. The van der Waals surface area contributed by atoms with Crippen LogP contribution < -0.4 is 0 Å². The van der Waals surface area contributed by atoms with Crippen molar-refractivity contribution in [3.8, 4) is 0 Å². The summed E-state index contributed by atoms with van der Waals surface area (Å²) in [5, 5.41) is 0. The van der Waals surface area contributed by atoms with Crippen molar-refractivity contribution in [2.24, 2.45) is 0 Å². The first-order valence-electron chi connectivity index (χ1n) is 7.57. The number of methoxy groups -OCH3 is 2. The number of carbonyl (C=O) groups is 3. The van der Waals surface area contributed by atoms with E-state index in [0.717, 1.165) is 5.56 Å². The molecule has 0 amide bonds. The SMILES string of the molecule is C=CCOC(CC(=O)OC)(CC(=O)OC)C(=O)OCc1ccccc1. The molecule has 0 atom stereocenters. The maximum Gasteiger partial charge on any atom is 0.339 e. The minimum Gasteiger partial charge on any atom is -0.469 e. The maximum atomic E-state index is 12.7. The summed E-state index contributed by atoms with van der Waals surface area (Å²) in [4.78, 5) is 36.2. The van der Waals surface area contributed by atoms with Crippen LogP contribution in [0.5, 0.6) is 0 Å². The molecule has 1 aromatic carbocycles. The first kappa shape index (κ1) is 20.4. The van der Waals surface area contributed by atoms with Gasteiger partial charge in [-0.05, 0) is 5.56 Å². The van der Waals surface area contributed by atoms with Crippen molar-refractivity contribution < 1.29 is 33.3 Å². The lowest BCUT2D eigenvalue weighted by Crippen LogP contribution is -2.47. The summed E-state index contributed by atoms with van der Waals surface area (Å²) in [7, 11) is 2.35. The molecule has 0 aliphatic carbocycles. The molecule has 25 heavy (non-hydrogen) atoms. The largest absolute Gasteiger partial charge is 0.469 e. The molecule has 0 N–H and O–H groups in total. The predicted octanol–water partition coefficient (Wildman–Crippen LogP) is 1.80. The van der Waals surface area contributed by atoms with Crippen LogP contribution >= 0.6 is 0 Å². The van der Waals surface area contributed by atoms with Crippen LogP contribution in [-0.4, -0.2) is 44.3 Å². The lowest BCUT2D eigenvalue weighted by Gasteiger charge is -2.29. The highest BCUT2D eigenvalue weighted by molar-refractivity contribution is 5.90. The van der Waals surface area contributed by atoms with Gasteiger partial charge in [0.2, 0.25) is 0 Å². The van der Waals surface area contributed by atoms with Gasteiger partial charge >= 0.3 is 17.9 Å². The van der Waals surface area contributed by atoms with Gasteiger partial charge in [0.1, 0.15) is 6.61 Å². The van der Waals surface area contributed by atoms with Crippen molar-refractivity contribution in [3.05, 3.63) is 48.6 Å². The number of ether oxygens (including phenoxy) is 4. The zero-order chi connectivity index (χ0) is 18.7. The second-order valence-corrected chi connectivity index (χ2v) is 5.16. The molecule has 0 fully saturated rings. The predicted molar refractivity (Wildman–Crippen MR) is 88.4 cm³/mol. The molecule has 0 saturated carbocycles. The van der Waals surface area contributed by atoms with Crippen molar-refractivity contribution in [3.63, 3.8) is 0 Å². The van der Waals surface area contributed by atoms with Gasteiger partial charge in [0.15, 0.2) is 5.60 Å². The molecule has 1 rings (SSSR count). The van der Waals surface area contributed by atoms with Gasteiger partial charge in [0, 0.05) is 0 Å². The average Bonchev–Trinajstić information content (AvgIpc) is 2.64. The summed E-state index contributed by atoms with van der Waals surface area (Å²) < 4.78 is 20.0.